The summed E-state index contributed by atoms with van der Waals surface area (Å²) in [6.45, 7) is 0.543. The van der Waals surface area contributed by atoms with Crippen LogP contribution in [0, 0.1) is 0 Å². The molecule has 0 bridgehead atoms. The second-order valence-corrected chi connectivity index (χ2v) is 3.69. The number of carboxylic acids is 1. The zero-order valence-corrected chi connectivity index (χ0v) is 8.71. The highest BCUT2D eigenvalue weighted by molar-refractivity contribution is 7.09. The minimum absolute atomic E-state index is 0.00285. The Kier molecular flexibility index (Phi) is 4.19. The maximum Gasteiger partial charge on any atom is 0.355 e. The van der Waals surface area contributed by atoms with E-state index in [9.17, 15) is 9.59 Å². The maximum absolute atomic E-state index is 11.0. The lowest BCUT2D eigenvalue weighted by Gasteiger charge is -2.00. The van der Waals surface area contributed by atoms with E-state index < -0.39 is 5.97 Å². The van der Waals surface area contributed by atoms with Gasteiger partial charge in [0.15, 0.2) is 5.69 Å². The van der Waals surface area contributed by atoms with Crippen LogP contribution >= 0.6 is 11.3 Å². The van der Waals surface area contributed by atoms with Gasteiger partial charge in [0.25, 0.3) is 0 Å². The van der Waals surface area contributed by atoms with Crippen LogP contribution in [0.2, 0.25) is 0 Å². The minimum Gasteiger partial charge on any atom is -0.476 e. The molecule has 0 aliphatic heterocycles. The molecule has 82 valence electrons. The molecule has 4 N–H and O–H groups in total. The fourth-order valence-electron chi connectivity index (χ4n) is 0.884. The first-order valence-corrected chi connectivity index (χ1v) is 5.16. The summed E-state index contributed by atoms with van der Waals surface area (Å²) in [5.74, 6) is -1.23. The van der Waals surface area contributed by atoms with Gasteiger partial charge in [-0.15, -0.1) is 11.3 Å². The molecule has 0 aliphatic carbocycles. The van der Waals surface area contributed by atoms with Crippen molar-refractivity contribution in [2.75, 3.05) is 6.54 Å². The Morgan fingerprint density at radius 1 is 1.60 bits per heavy atom. The molecule has 0 spiro atoms. The molecule has 1 heterocycles. The van der Waals surface area contributed by atoms with Gasteiger partial charge in [-0.2, -0.15) is 0 Å². The van der Waals surface area contributed by atoms with Gasteiger partial charge in [0.2, 0.25) is 5.91 Å². The summed E-state index contributed by atoms with van der Waals surface area (Å²) >= 11 is 1.20. The van der Waals surface area contributed by atoms with Crippen LogP contribution in [0.1, 0.15) is 21.9 Å². The second kappa shape index (κ2) is 5.42. The molecule has 1 rings (SSSR count). The molecule has 0 aromatic carbocycles. The molecule has 0 radical (unpaired) electrons. The van der Waals surface area contributed by atoms with Crippen molar-refractivity contribution >= 4 is 23.2 Å². The zero-order chi connectivity index (χ0) is 11.3. The number of amides is 1. The summed E-state index contributed by atoms with van der Waals surface area (Å²) in [6.07, 6.45) is 0.261. The summed E-state index contributed by atoms with van der Waals surface area (Å²) in [5, 5.41) is 13.2. The Hall–Kier alpha value is -1.47. The number of nitrogens with one attached hydrogen (secondary N) is 1. The summed E-state index contributed by atoms with van der Waals surface area (Å²) in [7, 11) is 0. The molecule has 0 saturated heterocycles. The highest BCUT2D eigenvalue weighted by Crippen LogP contribution is 2.09. The first kappa shape index (κ1) is 11.6. The number of nitrogens with two attached hydrogens (primary N) is 1. The quantitative estimate of drug-likeness (QED) is 0.648. The maximum atomic E-state index is 11.0. The number of carbonyl (C=O) groups excluding carboxylic acids is 1. The van der Waals surface area contributed by atoms with Crippen molar-refractivity contribution < 1.29 is 14.7 Å². The largest absolute Gasteiger partial charge is 0.476 e. The van der Waals surface area contributed by atoms with E-state index in [2.05, 4.69) is 10.3 Å². The van der Waals surface area contributed by atoms with Crippen LogP contribution in [-0.4, -0.2) is 28.5 Å². The van der Waals surface area contributed by atoms with Crippen LogP contribution in [0.4, 0.5) is 0 Å². The number of carboxylic acid groups (broad SMARTS) is 1. The van der Waals surface area contributed by atoms with Crippen molar-refractivity contribution in [3.63, 3.8) is 0 Å². The number of thiazole rings is 1. The average Bonchev–Trinajstić information content (AvgIpc) is 2.63. The first-order valence-electron chi connectivity index (χ1n) is 4.28. The van der Waals surface area contributed by atoms with E-state index in [0.717, 1.165) is 0 Å². The van der Waals surface area contributed by atoms with Gasteiger partial charge in [0.05, 0.1) is 6.54 Å². The molecule has 1 aromatic heterocycles. The van der Waals surface area contributed by atoms with Crippen LogP contribution in [0.5, 0.6) is 0 Å². The van der Waals surface area contributed by atoms with E-state index in [1.54, 1.807) is 0 Å². The van der Waals surface area contributed by atoms with Gasteiger partial charge in [0.1, 0.15) is 5.01 Å². The number of rotatable bonds is 5. The van der Waals surface area contributed by atoms with E-state index >= 15 is 0 Å². The lowest BCUT2D eigenvalue weighted by molar-refractivity contribution is -0.121. The summed E-state index contributed by atoms with van der Waals surface area (Å²) in [6, 6.07) is 0. The number of aromatic carboxylic acids is 1. The first-order chi connectivity index (χ1) is 7.13. The molecule has 0 saturated carbocycles. The van der Waals surface area contributed by atoms with Crippen molar-refractivity contribution in [2.45, 2.75) is 13.0 Å². The van der Waals surface area contributed by atoms with Crippen molar-refractivity contribution in [2.24, 2.45) is 5.73 Å². The predicted octanol–water partition coefficient (Wildman–Crippen LogP) is -0.194. The summed E-state index contributed by atoms with van der Waals surface area (Å²) < 4.78 is 0. The van der Waals surface area contributed by atoms with Gasteiger partial charge in [-0.1, -0.05) is 0 Å². The van der Waals surface area contributed by atoms with Crippen molar-refractivity contribution in [3.8, 4) is 0 Å². The number of hydrogen-bond donors (Lipinski definition) is 3. The van der Waals surface area contributed by atoms with Gasteiger partial charge in [-0.3, -0.25) is 4.79 Å². The van der Waals surface area contributed by atoms with Crippen molar-refractivity contribution in [1.29, 1.82) is 0 Å². The van der Waals surface area contributed by atoms with E-state index in [4.69, 9.17) is 10.8 Å². The van der Waals surface area contributed by atoms with E-state index in [0.29, 0.717) is 11.6 Å². The highest BCUT2D eigenvalue weighted by atomic mass is 32.1. The SMILES string of the molecule is NCCC(=O)NCc1nc(C(=O)O)cs1. The fraction of sp³-hybridized carbons (Fsp3) is 0.375. The molecule has 0 fully saturated rings. The Labute approximate surface area is 90.1 Å². The Morgan fingerprint density at radius 2 is 2.33 bits per heavy atom. The normalized spacial score (nSPS) is 9.93. The van der Waals surface area contributed by atoms with E-state index in [1.807, 2.05) is 0 Å². The third kappa shape index (κ3) is 3.64. The minimum atomic E-state index is -1.06. The van der Waals surface area contributed by atoms with Gasteiger partial charge >= 0.3 is 5.97 Å². The Morgan fingerprint density at radius 3 is 2.87 bits per heavy atom. The van der Waals surface area contributed by atoms with Crippen molar-refractivity contribution in [3.05, 3.63) is 16.1 Å². The Balaban J connectivity index is 2.44. The molecule has 15 heavy (non-hydrogen) atoms. The molecule has 1 amide bonds. The van der Waals surface area contributed by atoms with Gasteiger partial charge < -0.3 is 16.2 Å². The van der Waals surface area contributed by atoms with Crippen LogP contribution in [0.25, 0.3) is 0 Å². The van der Waals surface area contributed by atoms with E-state index in [1.165, 1.54) is 16.7 Å². The monoisotopic (exact) mass is 229 g/mol. The molecule has 6 nitrogen and oxygen atoms in total. The second-order valence-electron chi connectivity index (χ2n) is 2.75. The number of aromatic nitrogens is 1. The standard InChI is InChI=1S/C8H11N3O3S/c9-2-1-6(12)10-3-7-11-5(4-15-7)8(13)14/h4H,1-3,9H2,(H,10,12)(H,13,14). The molecular formula is C8H11N3O3S. The molecule has 1 aromatic rings. The lowest BCUT2D eigenvalue weighted by atomic mass is 10.4. The predicted molar refractivity (Wildman–Crippen MR) is 54.6 cm³/mol. The van der Waals surface area contributed by atoms with Crippen LogP contribution in [0.15, 0.2) is 5.38 Å². The summed E-state index contributed by atoms with van der Waals surface area (Å²) in [5.41, 5.74) is 5.19. The third-order valence-electron chi connectivity index (χ3n) is 1.58. The lowest BCUT2D eigenvalue weighted by Crippen LogP contribution is -2.24. The molecular weight excluding hydrogens is 218 g/mol. The van der Waals surface area contributed by atoms with E-state index in [-0.39, 0.29) is 24.6 Å². The van der Waals surface area contributed by atoms with Gasteiger partial charge in [0, 0.05) is 18.3 Å². The topological polar surface area (TPSA) is 105 Å². The zero-order valence-electron chi connectivity index (χ0n) is 7.90. The number of hydrogen-bond acceptors (Lipinski definition) is 5. The van der Waals surface area contributed by atoms with Crippen LogP contribution in [0.3, 0.4) is 0 Å². The molecule has 0 aliphatic rings. The van der Waals surface area contributed by atoms with Crippen LogP contribution in [-0.2, 0) is 11.3 Å². The average molecular weight is 229 g/mol. The highest BCUT2D eigenvalue weighted by Gasteiger charge is 2.08. The van der Waals surface area contributed by atoms with Gasteiger partial charge in [-0.25, -0.2) is 9.78 Å². The van der Waals surface area contributed by atoms with Crippen LogP contribution < -0.4 is 11.1 Å². The van der Waals surface area contributed by atoms with Gasteiger partial charge in [-0.05, 0) is 0 Å². The number of carbonyl (C=O) groups is 2. The molecule has 0 atom stereocenters. The fourth-order valence-corrected chi connectivity index (χ4v) is 1.59. The van der Waals surface area contributed by atoms with Crippen molar-refractivity contribution in [1.82, 2.24) is 10.3 Å². The molecule has 0 unspecified atom stereocenters. The Bertz CT molecular complexity index is 364. The number of nitrogens with zero attached hydrogens (tertiary/aromatic N) is 1. The smallest absolute Gasteiger partial charge is 0.355 e. The molecule has 7 heteroatoms. The summed E-state index contributed by atoms with van der Waals surface area (Å²) in [4.78, 5) is 25.3. The third-order valence-corrected chi connectivity index (χ3v) is 2.43.